The van der Waals surface area contributed by atoms with E-state index < -0.39 is 0 Å². The van der Waals surface area contributed by atoms with Gasteiger partial charge < -0.3 is 9.42 Å². The van der Waals surface area contributed by atoms with E-state index in [2.05, 4.69) is 10.1 Å². The summed E-state index contributed by atoms with van der Waals surface area (Å²) in [6, 6.07) is 9.64. The fourth-order valence-corrected chi connectivity index (χ4v) is 2.12. The highest BCUT2D eigenvalue weighted by molar-refractivity contribution is 5.78. The second kappa shape index (κ2) is 6.30. The molecule has 0 fully saturated rings. The van der Waals surface area contributed by atoms with E-state index in [1.807, 2.05) is 65.0 Å². The molecule has 0 saturated carbocycles. The van der Waals surface area contributed by atoms with Crippen molar-refractivity contribution < 1.29 is 9.32 Å². The fraction of sp³-hybridized carbons (Fsp3) is 0.471. The Bertz CT molecular complexity index is 627. The number of hydrogen-bond donors (Lipinski definition) is 0. The zero-order valence-corrected chi connectivity index (χ0v) is 13.8. The Hall–Kier alpha value is -2.17. The molecule has 0 aliphatic heterocycles. The molecule has 0 saturated heterocycles. The third-order valence-corrected chi connectivity index (χ3v) is 3.36. The van der Waals surface area contributed by atoms with E-state index in [1.165, 1.54) is 0 Å². The summed E-state index contributed by atoms with van der Waals surface area (Å²) < 4.78 is 5.32. The molecular formula is C17H23N3O2. The second-order valence-electron chi connectivity index (χ2n) is 6.63. The van der Waals surface area contributed by atoms with Gasteiger partial charge in [-0.2, -0.15) is 4.98 Å². The molecule has 2 rings (SSSR count). The van der Waals surface area contributed by atoms with Gasteiger partial charge in [-0.1, -0.05) is 49.3 Å². The van der Waals surface area contributed by atoms with Crippen molar-refractivity contribution in [2.24, 2.45) is 5.92 Å². The van der Waals surface area contributed by atoms with Crippen LogP contribution in [0.25, 0.3) is 11.4 Å². The number of hydrogen-bond acceptors (Lipinski definition) is 4. The Morgan fingerprint density at radius 3 is 2.41 bits per heavy atom. The zero-order valence-electron chi connectivity index (χ0n) is 13.8. The fourth-order valence-electron chi connectivity index (χ4n) is 2.12. The van der Waals surface area contributed by atoms with Crippen molar-refractivity contribution in [2.75, 3.05) is 0 Å². The highest BCUT2D eigenvalue weighted by Crippen LogP contribution is 2.21. The largest absolute Gasteiger partial charge is 0.337 e. The predicted octanol–water partition coefficient (Wildman–Crippen LogP) is 3.52. The lowest BCUT2D eigenvalue weighted by atomic mass is 10.0. The molecule has 22 heavy (non-hydrogen) atoms. The molecule has 5 nitrogen and oxygen atoms in total. The number of aromatic nitrogens is 2. The Morgan fingerprint density at radius 2 is 1.86 bits per heavy atom. The van der Waals surface area contributed by atoms with Crippen LogP contribution in [0.1, 0.15) is 40.5 Å². The summed E-state index contributed by atoms with van der Waals surface area (Å²) in [5.74, 6) is 0.993. The number of nitrogens with zero attached hydrogens (tertiary/aromatic N) is 3. The first kappa shape index (κ1) is 16.2. The van der Waals surface area contributed by atoms with Gasteiger partial charge >= 0.3 is 0 Å². The van der Waals surface area contributed by atoms with E-state index in [4.69, 9.17) is 4.52 Å². The van der Waals surface area contributed by atoms with Gasteiger partial charge in [-0.25, -0.2) is 0 Å². The predicted molar refractivity (Wildman–Crippen MR) is 84.9 cm³/mol. The van der Waals surface area contributed by atoms with Crippen molar-refractivity contribution >= 4 is 5.91 Å². The summed E-state index contributed by atoms with van der Waals surface area (Å²) in [6.45, 7) is 10.1. The summed E-state index contributed by atoms with van der Waals surface area (Å²) in [5, 5.41) is 4.00. The Labute approximate surface area is 131 Å². The molecule has 1 aromatic carbocycles. The summed E-state index contributed by atoms with van der Waals surface area (Å²) in [4.78, 5) is 18.6. The highest BCUT2D eigenvalue weighted by atomic mass is 16.5. The summed E-state index contributed by atoms with van der Waals surface area (Å²) in [7, 11) is 0. The van der Waals surface area contributed by atoms with Crippen molar-refractivity contribution in [3.8, 4) is 11.4 Å². The first-order valence-corrected chi connectivity index (χ1v) is 7.48. The normalized spacial score (nSPS) is 11.7. The van der Waals surface area contributed by atoms with Gasteiger partial charge in [0.25, 0.3) is 0 Å². The average molecular weight is 301 g/mol. The van der Waals surface area contributed by atoms with Crippen molar-refractivity contribution in [1.82, 2.24) is 15.0 Å². The van der Waals surface area contributed by atoms with E-state index >= 15 is 0 Å². The van der Waals surface area contributed by atoms with E-state index in [-0.39, 0.29) is 17.4 Å². The zero-order chi connectivity index (χ0) is 16.3. The Morgan fingerprint density at radius 1 is 1.23 bits per heavy atom. The van der Waals surface area contributed by atoms with Gasteiger partial charge in [0.1, 0.15) is 6.54 Å². The summed E-state index contributed by atoms with van der Waals surface area (Å²) in [6.07, 6.45) is 0. The summed E-state index contributed by atoms with van der Waals surface area (Å²) >= 11 is 0. The lowest BCUT2D eigenvalue weighted by Gasteiger charge is -2.35. The number of rotatable bonds is 4. The lowest BCUT2D eigenvalue weighted by Crippen LogP contribution is -2.46. The second-order valence-corrected chi connectivity index (χ2v) is 6.63. The number of benzene rings is 1. The van der Waals surface area contributed by atoms with Crippen molar-refractivity contribution in [1.29, 1.82) is 0 Å². The molecule has 1 aromatic heterocycles. The van der Waals surface area contributed by atoms with Crippen LogP contribution in [0.5, 0.6) is 0 Å². The highest BCUT2D eigenvalue weighted by Gasteiger charge is 2.29. The van der Waals surface area contributed by atoms with E-state index in [9.17, 15) is 4.79 Å². The van der Waals surface area contributed by atoms with Crippen molar-refractivity contribution in [2.45, 2.75) is 46.7 Å². The minimum absolute atomic E-state index is 0.0734. The third-order valence-electron chi connectivity index (χ3n) is 3.36. The van der Waals surface area contributed by atoms with Crippen molar-refractivity contribution in [3.05, 3.63) is 36.2 Å². The first-order chi connectivity index (χ1) is 10.3. The number of carbonyl (C=O) groups is 1. The van der Waals surface area contributed by atoms with Crippen LogP contribution < -0.4 is 0 Å². The minimum atomic E-state index is -0.303. The Balaban J connectivity index is 2.21. The molecule has 0 radical (unpaired) electrons. The SMILES string of the molecule is CC(C)C(=O)N(Cc1nc(-c2ccccc2)no1)C(C)(C)C. The van der Waals surface area contributed by atoms with Crippen LogP contribution in [0.4, 0.5) is 0 Å². The van der Waals surface area contributed by atoms with E-state index in [1.54, 1.807) is 4.90 Å². The maximum atomic E-state index is 12.4. The molecule has 0 spiro atoms. The molecule has 0 bridgehead atoms. The van der Waals surface area contributed by atoms with Crippen LogP contribution in [0.15, 0.2) is 34.9 Å². The van der Waals surface area contributed by atoms with Crippen LogP contribution >= 0.6 is 0 Å². The van der Waals surface area contributed by atoms with E-state index in [0.29, 0.717) is 18.3 Å². The van der Waals surface area contributed by atoms with Crippen LogP contribution in [-0.2, 0) is 11.3 Å². The van der Waals surface area contributed by atoms with Gasteiger partial charge in [-0.15, -0.1) is 0 Å². The molecule has 0 aliphatic rings. The van der Waals surface area contributed by atoms with Crippen LogP contribution in [0.2, 0.25) is 0 Å². The standard InChI is InChI=1S/C17H23N3O2/c1-12(2)16(21)20(17(3,4)5)11-14-18-15(19-22-14)13-9-7-6-8-10-13/h6-10,12H,11H2,1-5H3. The molecule has 0 N–H and O–H groups in total. The summed E-state index contributed by atoms with van der Waals surface area (Å²) in [5.41, 5.74) is 0.595. The van der Waals surface area contributed by atoms with Gasteiger partial charge in [0.05, 0.1) is 0 Å². The monoisotopic (exact) mass is 301 g/mol. The van der Waals surface area contributed by atoms with Gasteiger partial charge in [-0.3, -0.25) is 4.79 Å². The molecule has 0 aliphatic carbocycles. The van der Waals surface area contributed by atoms with Crippen molar-refractivity contribution in [3.63, 3.8) is 0 Å². The molecule has 1 amide bonds. The maximum absolute atomic E-state index is 12.4. The third kappa shape index (κ3) is 3.72. The van der Waals surface area contributed by atoms with E-state index in [0.717, 1.165) is 5.56 Å². The number of carbonyl (C=O) groups excluding carboxylic acids is 1. The molecule has 118 valence electrons. The molecule has 5 heteroatoms. The maximum Gasteiger partial charge on any atom is 0.246 e. The van der Waals surface area contributed by atoms with Gasteiger partial charge in [0, 0.05) is 17.0 Å². The van der Waals surface area contributed by atoms with Crippen LogP contribution in [0.3, 0.4) is 0 Å². The van der Waals surface area contributed by atoms with Gasteiger partial charge in [0.15, 0.2) is 0 Å². The van der Waals surface area contributed by atoms with Crippen LogP contribution in [0, 0.1) is 5.92 Å². The quantitative estimate of drug-likeness (QED) is 0.867. The molecule has 2 aromatic rings. The van der Waals surface area contributed by atoms with Gasteiger partial charge in [-0.05, 0) is 20.8 Å². The first-order valence-electron chi connectivity index (χ1n) is 7.48. The van der Waals surface area contributed by atoms with Crippen LogP contribution in [-0.4, -0.2) is 26.5 Å². The Kier molecular flexibility index (Phi) is 4.64. The number of amides is 1. The molecule has 0 atom stereocenters. The minimum Gasteiger partial charge on any atom is -0.337 e. The lowest BCUT2D eigenvalue weighted by molar-refractivity contribution is -0.140. The van der Waals surface area contributed by atoms with Gasteiger partial charge in [0.2, 0.25) is 17.6 Å². The smallest absolute Gasteiger partial charge is 0.246 e. The average Bonchev–Trinajstić information content (AvgIpc) is 2.92. The molecule has 0 unspecified atom stereocenters. The topological polar surface area (TPSA) is 59.2 Å². The molecule has 1 heterocycles. The molecular weight excluding hydrogens is 278 g/mol.